The molecule has 4 nitrogen and oxygen atoms in total. The summed E-state index contributed by atoms with van der Waals surface area (Å²) >= 11 is 0. The molecule has 8 aromatic rings. The SMILES string of the molecule is c1ccc(-c2ccc(-c3ccc4c(c3)c3cc5c(cc3n4-c3ccc4ccccc4n3)N(c3ccccc3)CC5)cn2)cc1. The van der Waals surface area contributed by atoms with Crippen LogP contribution in [-0.2, 0) is 6.42 Å². The molecule has 208 valence electrons. The van der Waals surface area contributed by atoms with Gasteiger partial charge in [0.1, 0.15) is 5.82 Å². The molecule has 3 aromatic heterocycles. The largest absolute Gasteiger partial charge is 0.341 e. The zero-order chi connectivity index (χ0) is 29.0. The van der Waals surface area contributed by atoms with Gasteiger partial charge >= 0.3 is 0 Å². The maximum atomic E-state index is 5.15. The fourth-order valence-electron chi connectivity index (χ4n) is 6.73. The van der Waals surface area contributed by atoms with Gasteiger partial charge in [-0.05, 0) is 78.2 Å². The van der Waals surface area contributed by atoms with Crippen molar-refractivity contribution in [2.24, 2.45) is 0 Å². The summed E-state index contributed by atoms with van der Waals surface area (Å²) in [6.45, 7) is 0.975. The molecule has 0 fully saturated rings. The third kappa shape index (κ3) is 3.99. The molecule has 0 N–H and O–H groups in total. The number of benzene rings is 5. The first-order chi connectivity index (χ1) is 21.8. The van der Waals surface area contributed by atoms with Gasteiger partial charge in [0.15, 0.2) is 0 Å². The number of pyridine rings is 2. The summed E-state index contributed by atoms with van der Waals surface area (Å²) in [6.07, 6.45) is 3.01. The second kappa shape index (κ2) is 9.92. The minimum Gasteiger partial charge on any atom is -0.341 e. The highest BCUT2D eigenvalue weighted by Crippen LogP contribution is 2.42. The molecule has 44 heavy (non-hydrogen) atoms. The van der Waals surface area contributed by atoms with Gasteiger partial charge in [0.05, 0.1) is 22.2 Å². The standard InChI is InChI=1S/C40H28N4/c1-3-9-27(10-4-1)35-18-15-31(26-41-35)29-16-19-37-33(23-29)34-24-30-21-22-43(32-12-5-2-6-13-32)38(30)25-39(34)44(37)40-20-17-28-11-7-8-14-36(28)42-40/h1-20,23-26H,21-22H2. The minimum absolute atomic E-state index is 0.925. The number of anilines is 2. The monoisotopic (exact) mass is 564 g/mol. The molecule has 0 atom stereocenters. The average molecular weight is 565 g/mol. The van der Waals surface area contributed by atoms with Crippen LogP contribution in [0, 0.1) is 0 Å². The highest BCUT2D eigenvalue weighted by molar-refractivity contribution is 6.12. The number of nitrogens with zero attached hydrogens (tertiary/aromatic N) is 4. The lowest BCUT2D eigenvalue weighted by Crippen LogP contribution is -2.12. The Balaban J connectivity index is 1.24. The zero-order valence-corrected chi connectivity index (χ0v) is 24.1. The lowest BCUT2D eigenvalue weighted by atomic mass is 10.0. The van der Waals surface area contributed by atoms with Crippen molar-refractivity contribution in [3.8, 4) is 28.2 Å². The number of aromatic nitrogens is 3. The molecule has 0 spiro atoms. The van der Waals surface area contributed by atoms with Gasteiger partial charge in [-0.1, -0.05) is 78.9 Å². The van der Waals surface area contributed by atoms with Crippen LogP contribution in [0.4, 0.5) is 11.4 Å². The summed E-state index contributed by atoms with van der Waals surface area (Å²) in [6, 6.07) is 49.5. The van der Waals surface area contributed by atoms with E-state index in [1.807, 2.05) is 12.3 Å². The van der Waals surface area contributed by atoms with Gasteiger partial charge < -0.3 is 4.90 Å². The normalized spacial score (nSPS) is 12.8. The van der Waals surface area contributed by atoms with Gasteiger partial charge in [0.25, 0.3) is 0 Å². The van der Waals surface area contributed by atoms with Crippen LogP contribution in [0.5, 0.6) is 0 Å². The van der Waals surface area contributed by atoms with Crippen molar-refractivity contribution in [3.05, 3.63) is 151 Å². The third-order valence-corrected chi connectivity index (χ3v) is 8.91. The lowest BCUT2D eigenvalue weighted by molar-refractivity contribution is 0.998. The Labute approximate surface area is 255 Å². The van der Waals surface area contributed by atoms with E-state index in [-0.39, 0.29) is 0 Å². The molecule has 9 rings (SSSR count). The molecule has 0 saturated heterocycles. The molecular formula is C40H28N4. The Bertz CT molecular complexity index is 2320. The van der Waals surface area contributed by atoms with E-state index in [1.54, 1.807) is 0 Å². The van der Waals surface area contributed by atoms with Crippen molar-refractivity contribution < 1.29 is 0 Å². The summed E-state index contributed by atoms with van der Waals surface area (Å²) in [7, 11) is 0. The molecule has 0 saturated carbocycles. The molecule has 0 aliphatic carbocycles. The number of rotatable bonds is 4. The summed E-state index contributed by atoms with van der Waals surface area (Å²) < 4.78 is 2.33. The molecule has 0 amide bonds. The van der Waals surface area contributed by atoms with E-state index < -0.39 is 0 Å². The first kappa shape index (κ1) is 24.8. The van der Waals surface area contributed by atoms with Gasteiger partial charge in [0, 0.05) is 51.4 Å². The highest BCUT2D eigenvalue weighted by Gasteiger charge is 2.24. The molecule has 5 aromatic carbocycles. The van der Waals surface area contributed by atoms with E-state index in [0.717, 1.165) is 57.6 Å². The maximum absolute atomic E-state index is 5.15. The highest BCUT2D eigenvalue weighted by atomic mass is 15.2. The summed E-state index contributed by atoms with van der Waals surface area (Å²) in [5.41, 5.74) is 11.6. The Morgan fingerprint density at radius 1 is 0.568 bits per heavy atom. The van der Waals surface area contributed by atoms with Crippen LogP contribution in [0.1, 0.15) is 5.56 Å². The van der Waals surface area contributed by atoms with Gasteiger partial charge in [-0.15, -0.1) is 0 Å². The van der Waals surface area contributed by atoms with Crippen LogP contribution in [0.15, 0.2) is 146 Å². The van der Waals surface area contributed by atoms with E-state index in [4.69, 9.17) is 9.97 Å². The van der Waals surface area contributed by atoms with Crippen LogP contribution in [0.25, 0.3) is 60.9 Å². The van der Waals surface area contributed by atoms with Crippen molar-refractivity contribution >= 4 is 44.1 Å². The predicted molar refractivity (Wildman–Crippen MR) is 182 cm³/mol. The summed E-state index contributed by atoms with van der Waals surface area (Å²) in [5.74, 6) is 0.925. The number of hydrogen-bond acceptors (Lipinski definition) is 3. The minimum atomic E-state index is 0.925. The molecule has 0 radical (unpaired) electrons. The first-order valence-corrected chi connectivity index (χ1v) is 15.1. The number of fused-ring (bicyclic) bond motifs is 5. The Kier molecular flexibility index (Phi) is 5.60. The van der Waals surface area contributed by atoms with E-state index in [1.165, 1.54) is 33.2 Å². The Morgan fingerprint density at radius 3 is 2.18 bits per heavy atom. The molecular weight excluding hydrogens is 536 g/mol. The lowest BCUT2D eigenvalue weighted by Gasteiger charge is -2.20. The molecule has 0 unspecified atom stereocenters. The number of hydrogen-bond donors (Lipinski definition) is 0. The van der Waals surface area contributed by atoms with Crippen LogP contribution >= 0.6 is 0 Å². The Hall–Kier alpha value is -5.74. The average Bonchev–Trinajstić information content (AvgIpc) is 3.66. The van der Waals surface area contributed by atoms with Crippen LogP contribution in [0.2, 0.25) is 0 Å². The van der Waals surface area contributed by atoms with Gasteiger partial charge in [0.2, 0.25) is 0 Å². The van der Waals surface area contributed by atoms with Gasteiger partial charge in [-0.3, -0.25) is 9.55 Å². The quantitative estimate of drug-likeness (QED) is 0.213. The summed E-state index contributed by atoms with van der Waals surface area (Å²) in [4.78, 5) is 12.4. The van der Waals surface area contributed by atoms with Crippen molar-refractivity contribution in [2.45, 2.75) is 6.42 Å². The molecule has 4 heterocycles. The predicted octanol–water partition coefficient (Wildman–Crippen LogP) is 9.76. The topological polar surface area (TPSA) is 34.0 Å². The van der Waals surface area contributed by atoms with E-state index >= 15 is 0 Å². The first-order valence-electron chi connectivity index (χ1n) is 15.1. The second-order valence-electron chi connectivity index (χ2n) is 11.5. The van der Waals surface area contributed by atoms with Crippen molar-refractivity contribution in [1.82, 2.24) is 14.5 Å². The van der Waals surface area contributed by atoms with Gasteiger partial charge in [-0.25, -0.2) is 4.98 Å². The van der Waals surface area contributed by atoms with Crippen LogP contribution in [-0.4, -0.2) is 21.1 Å². The summed E-state index contributed by atoms with van der Waals surface area (Å²) in [5, 5.41) is 3.61. The van der Waals surface area contributed by atoms with Gasteiger partial charge in [-0.2, -0.15) is 0 Å². The molecule has 4 heteroatoms. The van der Waals surface area contributed by atoms with E-state index in [9.17, 15) is 0 Å². The van der Waals surface area contributed by atoms with Crippen molar-refractivity contribution in [1.29, 1.82) is 0 Å². The third-order valence-electron chi connectivity index (χ3n) is 8.91. The Morgan fingerprint density at radius 2 is 1.34 bits per heavy atom. The number of para-hydroxylation sites is 2. The molecule has 1 aliphatic rings. The zero-order valence-electron chi connectivity index (χ0n) is 24.1. The van der Waals surface area contributed by atoms with Crippen molar-refractivity contribution in [2.75, 3.05) is 11.4 Å². The molecule has 1 aliphatic heterocycles. The smallest absolute Gasteiger partial charge is 0.138 e. The van der Waals surface area contributed by atoms with Crippen LogP contribution in [0.3, 0.4) is 0 Å². The fraction of sp³-hybridized carbons (Fsp3) is 0.0500. The van der Waals surface area contributed by atoms with Crippen LogP contribution < -0.4 is 4.90 Å². The van der Waals surface area contributed by atoms with E-state index in [0.29, 0.717) is 0 Å². The maximum Gasteiger partial charge on any atom is 0.138 e. The molecule has 0 bridgehead atoms. The van der Waals surface area contributed by atoms with Crippen molar-refractivity contribution in [3.63, 3.8) is 0 Å². The van der Waals surface area contributed by atoms with E-state index in [2.05, 4.69) is 143 Å². The fourth-order valence-corrected chi connectivity index (χ4v) is 6.73. The second-order valence-corrected chi connectivity index (χ2v) is 11.5.